The molecule has 95 heavy (non-hydrogen) atoms. The molecular formula is C71H75Cl4F4N7O9. The molecule has 0 bridgehead atoms. The Bertz CT molecular complexity index is 3650. The van der Waals surface area contributed by atoms with Gasteiger partial charge in [0.2, 0.25) is 5.91 Å². The Labute approximate surface area is 570 Å². The fourth-order valence-corrected chi connectivity index (χ4v) is 13.5. The zero-order chi connectivity index (χ0) is 69.2. The van der Waals surface area contributed by atoms with Gasteiger partial charge >= 0.3 is 0 Å². The third-order valence-corrected chi connectivity index (χ3v) is 18.0. The molecule has 504 valence electrons. The van der Waals surface area contributed by atoms with E-state index in [1.165, 1.54) is 105 Å². The molecule has 3 amide bonds. The predicted octanol–water partition coefficient (Wildman–Crippen LogP) is 13.2. The third-order valence-electron chi connectivity index (χ3n) is 17.0. The van der Waals surface area contributed by atoms with Crippen LogP contribution in [0.5, 0.6) is 11.5 Å². The Morgan fingerprint density at radius 2 is 0.989 bits per heavy atom. The van der Waals surface area contributed by atoms with Crippen LogP contribution in [-0.4, -0.2) is 115 Å². The molecule has 0 unspecified atom stereocenters. The lowest BCUT2D eigenvalue weighted by atomic mass is 9.62. The standard InChI is InChI=1S/C71H75Cl4F4N7O9/c1-68(2,3)36-57-70(38-80,47-20-18-43(72)34-51(47)76)59(45-11-9-13-49(74)61(45)78)63(85-57)54(87)31-40-15-16-41(32-55(40)91-7)65(88)82-23-25-93-27-29-95-30-28-94-26-24-83-66(89)42-17-22-53(56(33-42)92-8)84-67(90)64-60(46-12-10-14-50(75)62(46)79)71(39-81,58(86-64)37-69(4,5)6)48-21-19-44(73)35-52(48)77/h9-22,32-35,57-60,63-64,85-86H,23-31,36-37H2,1-8H3,(H,82,88)(H,83,89)(H,84,90)/t57-,58-,59-,60-,63-,64+,70-,71-/m0/s1. The topological polar surface area (TPSA) is 222 Å². The molecule has 0 spiro atoms. The summed E-state index contributed by atoms with van der Waals surface area (Å²) in [5.41, 5.74) is -3.75. The fourth-order valence-electron chi connectivity index (χ4n) is 12.9. The molecule has 0 saturated carbocycles. The first-order valence-corrected chi connectivity index (χ1v) is 32.3. The number of benzene rings is 6. The van der Waals surface area contributed by atoms with E-state index in [4.69, 9.17) is 70.1 Å². The average Bonchev–Trinajstić information content (AvgIpc) is 1.60. The van der Waals surface area contributed by atoms with E-state index in [0.29, 0.717) is 12.0 Å². The number of halogens is 8. The first-order valence-electron chi connectivity index (χ1n) is 30.7. The van der Waals surface area contributed by atoms with Crippen LogP contribution in [0.25, 0.3) is 0 Å². The van der Waals surface area contributed by atoms with E-state index in [2.05, 4.69) is 38.7 Å². The first-order chi connectivity index (χ1) is 45.1. The molecule has 5 N–H and O–H groups in total. The van der Waals surface area contributed by atoms with Crippen molar-refractivity contribution in [1.29, 1.82) is 10.5 Å². The van der Waals surface area contributed by atoms with E-state index in [0.717, 1.165) is 12.1 Å². The lowest BCUT2D eigenvalue weighted by Gasteiger charge is -2.37. The van der Waals surface area contributed by atoms with Crippen molar-refractivity contribution in [3.63, 3.8) is 0 Å². The van der Waals surface area contributed by atoms with Crippen LogP contribution in [0.4, 0.5) is 23.2 Å². The summed E-state index contributed by atoms with van der Waals surface area (Å²) in [5.74, 6) is -7.53. The highest BCUT2D eigenvalue weighted by molar-refractivity contribution is 6.31. The van der Waals surface area contributed by atoms with Gasteiger partial charge in [0.05, 0.1) is 93.8 Å². The zero-order valence-corrected chi connectivity index (χ0v) is 56.8. The van der Waals surface area contributed by atoms with Crippen LogP contribution < -0.4 is 36.1 Å². The minimum atomic E-state index is -1.85. The lowest BCUT2D eigenvalue weighted by molar-refractivity contribution is -0.120. The van der Waals surface area contributed by atoms with E-state index in [1.807, 2.05) is 41.5 Å². The third kappa shape index (κ3) is 16.7. The number of rotatable bonds is 27. The van der Waals surface area contributed by atoms with Gasteiger partial charge < -0.3 is 50.3 Å². The minimum absolute atomic E-state index is 0.0319. The number of ether oxygens (including phenoxy) is 5. The summed E-state index contributed by atoms with van der Waals surface area (Å²) in [6, 6.07) is 25.9. The number of Topliss-reactive ketones (excluding diaryl/α,β-unsaturated/α-hetero) is 1. The van der Waals surface area contributed by atoms with Crippen molar-refractivity contribution in [3.8, 4) is 23.6 Å². The quantitative estimate of drug-likeness (QED) is 0.0239. The SMILES string of the molecule is COc1cc(C(=O)NCCOCCOCCOCCNC(=O)c2ccc(NC(=O)[C@@H]3N[C@@H](CC(C)(C)C)[C@](C#N)(c4ccc(Cl)cc4F)[C@H]3c3cccc(Cl)c3F)c(OC)c2)ccc1CC(=O)[C@@H]1N[C@@H](CC(C)(C)C)[C@](C#N)(c2ccc(Cl)cc2F)[C@H]1c1cccc(Cl)c1F. The van der Waals surface area contributed by atoms with Gasteiger partial charge in [0.25, 0.3) is 11.8 Å². The summed E-state index contributed by atoms with van der Waals surface area (Å²) in [4.78, 5) is 55.8. The van der Waals surface area contributed by atoms with Gasteiger partial charge in [-0.15, -0.1) is 0 Å². The Morgan fingerprint density at radius 1 is 0.558 bits per heavy atom. The van der Waals surface area contributed by atoms with Crippen LogP contribution in [0.1, 0.15) is 115 Å². The minimum Gasteiger partial charge on any atom is -0.496 e. The van der Waals surface area contributed by atoms with Crippen LogP contribution in [-0.2, 0) is 41.1 Å². The summed E-state index contributed by atoms with van der Waals surface area (Å²) >= 11 is 25.0. The van der Waals surface area contributed by atoms with Gasteiger partial charge in [0.15, 0.2) is 5.78 Å². The maximum Gasteiger partial charge on any atom is 0.251 e. The van der Waals surface area contributed by atoms with E-state index >= 15 is 17.6 Å². The number of amides is 3. The van der Waals surface area contributed by atoms with Crippen molar-refractivity contribution in [1.82, 2.24) is 21.3 Å². The van der Waals surface area contributed by atoms with Crippen LogP contribution in [0.2, 0.25) is 20.1 Å². The van der Waals surface area contributed by atoms with Crippen molar-refractivity contribution in [2.45, 2.75) is 108 Å². The number of carbonyl (C=O) groups excluding carboxylic acids is 4. The lowest BCUT2D eigenvalue weighted by Crippen LogP contribution is -2.45. The number of carbonyl (C=O) groups is 4. The second kappa shape index (κ2) is 31.7. The second-order valence-electron chi connectivity index (χ2n) is 25.8. The largest absolute Gasteiger partial charge is 0.496 e. The Kier molecular flexibility index (Phi) is 24.5. The van der Waals surface area contributed by atoms with Gasteiger partial charge in [-0.05, 0) is 102 Å². The van der Waals surface area contributed by atoms with Crippen molar-refractivity contribution in [2.24, 2.45) is 10.8 Å². The summed E-state index contributed by atoms with van der Waals surface area (Å²) < 4.78 is 92.9. The van der Waals surface area contributed by atoms with Gasteiger partial charge in [-0.3, -0.25) is 19.2 Å². The van der Waals surface area contributed by atoms with Crippen LogP contribution in [0.15, 0.2) is 109 Å². The average molecular weight is 1390 g/mol. The molecule has 2 aliphatic heterocycles. The Hall–Kier alpha value is -7.34. The molecule has 24 heteroatoms. The van der Waals surface area contributed by atoms with Gasteiger partial charge in [-0.25, -0.2) is 17.6 Å². The number of ketones is 1. The summed E-state index contributed by atoms with van der Waals surface area (Å²) in [5, 5.41) is 37.2. The summed E-state index contributed by atoms with van der Waals surface area (Å²) in [6.45, 7) is 13.1. The van der Waals surface area contributed by atoms with E-state index < -0.39 is 104 Å². The van der Waals surface area contributed by atoms with Crippen LogP contribution in [0, 0.1) is 56.8 Å². The van der Waals surface area contributed by atoms with Crippen molar-refractivity contribution >= 4 is 75.6 Å². The predicted molar refractivity (Wildman–Crippen MR) is 356 cm³/mol. The van der Waals surface area contributed by atoms with Gasteiger partial charge in [0.1, 0.15) is 45.6 Å². The number of nitrogens with one attached hydrogen (secondary N) is 5. The highest BCUT2D eigenvalue weighted by atomic mass is 35.5. The molecule has 6 aromatic rings. The molecule has 6 aromatic carbocycles. The molecule has 16 nitrogen and oxygen atoms in total. The van der Waals surface area contributed by atoms with Crippen molar-refractivity contribution in [3.05, 3.63) is 191 Å². The maximum atomic E-state index is 16.2. The number of nitriles is 2. The number of nitrogens with zero attached hydrogens (tertiary/aromatic N) is 2. The highest BCUT2D eigenvalue weighted by Crippen LogP contribution is 2.55. The van der Waals surface area contributed by atoms with Crippen LogP contribution >= 0.6 is 46.4 Å². The number of hydrogen-bond acceptors (Lipinski definition) is 13. The van der Waals surface area contributed by atoms with Crippen molar-refractivity contribution in [2.75, 3.05) is 72.3 Å². The maximum absolute atomic E-state index is 16.2. The van der Waals surface area contributed by atoms with Gasteiger partial charge in [0, 0.05) is 81.3 Å². The van der Waals surface area contributed by atoms with E-state index in [1.54, 1.807) is 6.07 Å². The van der Waals surface area contributed by atoms with Gasteiger partial charge in [-0.1, -0.05) is 130 Å². The van der Waals surface area contributed by atoms with E-state index in [-0.39, 0.29) is 136 Å². The molecular weight excluding hydrogens is 1310 g/mol. The molecule has 0 aromatic heterocycles. The number of hydrogen-bond donors (Lipinski definition) is 5. The summed E-state index contributed by atoms with van der Waals surface area (Å²) in [7, 11) is 2.75. The molecule has 0 aliphatic carbocycles. The Morgan fingerprint density at radius 3 is 1.43 bits per heavy atom. The molecule has 2 heterocycles. The summed E-state index contributed by atoms with van der Waals surface area (Å²) in [6.07, 6.45) is 0.303. The van der Waals surface area contributed by atoms with Gasteiger partial charge in [-0.2, -0.15) is 10.5 Å². The Balaban J connectivity index is 0.780. The number of anilines is 1. The van der Waals surface area contributed by atoms with Crippen LogP contribution in [0.3, 0.4) is 0 Å². The fraction of sp³-hybridized carbons (Fsp3) is 0.408. The van der Waals surface area contributed by atoms with E-state index in [9.17, 15) is 29.7 Å². The molecule has 8 atom stereocenters. The second-order valence-corrected chi connectivity index (χ2v) is 27.5. The zero-order valence-electron chi connectivity index (χ0n) is 53.7. The molecule has 2 aliphatic rings. The molecule has 0 radical (unpaired) electrons. The van der Waals surface area contributed by atoms with Crippen molar-refractivity contribution < 1.29 is 60.4 Å². The first kappa shape index (κ1) is 73.5. The monoisotopic (exact) mass is 1390 g/mol. The smallest absolute Gasteiger partial charge is 0.251 e. The highest BCUT2D eigenvalue weighted by Gasteiger charge is 2.63. The molecule has 2 saturated heterocycles. The number of methoxy groups -OCH3 is 2. The molecule has 2 fully saturated rings. The normalized spacial score (nSPS) is 20.9. The molecule has 8 rings (SSSR count).